The van der Waals surface area contributed by atoms with E-state index in [0.29, 0.717) is 29.3 Å². The van der Waals surface area contributed by atoms with Crippen LogP contribution in [0.3, 0.4) is 0 Å². The largest absolute Gasteiger partial charge is 0.399 e. The SMILES string of the molecule is CC1(C)CC(C)(c2cc(N)ccc2F)NC(=S)CO1. The lowest BCUT2D eigenvalue weighted by molar-refractivity contribution is -0.00902. The van der Waals surface area contributed by atoms with Crippen molar-refractivity contribution < 1.29 is 9.13 Å². The van der Waals surface area contributed by atoms with Gasteiger partial charge in [0.15, 0.2) is 0 Å². The maximum atomic E-state index is 14.1. The second kappa shape index (κ2) is 4.72. The van der Waals surface area contributed by atoms with Crippen molar-refractivity contribution in [1.29, 1.82) is 0 Å². The number of hydrogen-bond donors (Lipinski definition) is 2. The summed E-state index contributed by atoms with van der Waals surface area (Å²) in [5, 5.41) is 3.21. The normalized spacial score (nSPS) is 26.6. The van der Waals surface area contributed by atoms with Crippen molar-refractivity contribution in [3.05, 3.63) is 29.6 Å². The summed E-state index contributed by atoms with van der Waals surface area (Å²) in [6.45, 7) is 6.23. The first-order valence-electron chi connectivity index (χ1n) is 6.22. The Hall–Kier alpha value is -1.20. The van der Waals surface area contributed by atoms with Crippen molar-refractivity contribution in [2.75, 3.05) is 12.3 Å². The molecule has 0 spiro atoms. The molecule has 3 N–H and O–H groups in total. The average Bonchev–Trinajstić information content (AvgIpc) is 2.39. The number of anilines is 1. The van der Waals surface area contributed by atoms with Crippen LogP contribution < -0.4 is 11.1 Å². The van der Waals surface area contributed by atoms with E-state index >= 15 is 0 Å². The Morgan fingerprint density at radius 2 is 2.05 bits per heavy atom. The molecule has 1 fully saturated rings. The second-order valence-electron chi connectivity index (χ2n) is 5.84. The van der Waals surface area contributed by atoms with Gasteiger partial charge >= 0.3 is 0 Å². The first-order chi connectivity index (χ1) is 8.72. The number of ether oxygens (including phenoxy) is 1. The van der Waals surface area contributed by atoms with Crippen LogP contribution >= 0.6 is 12.2 Å². The standard InChI is InChI=1S/C14H19FN2OS/c1-13(2)8-14(3,17-12(19)7-18-13)10-6-9(16)4-5-11(10)15/h4-6H,7-8,16H2,1-3H3,(H,17,19). The quantitative estimate of drug-likeness (QED) is 0.614. The number of nitrogens with one attached hydrogen (secondary N) is 1. The highest BCUT2D eigenvalue weighted by Crippen LogP contribution is 2.36. The highest BCUT2D eigenvalue weighted by atomic mass is 32.1. The van der Waals surface area contributed by atoms with E-state index in [1.165, 1.54) is 6.07 Å². The van der Waals surface area contributed by atoms with Crippen LogP contribution in [0.15, 0.2) is 18.2 Å². The molecule has 1 aliphatic heterocycles. The van der Waals surface area contributed by atoms with E-state index in [4.69, 9.17) is 22.7 Å². The van der Waals surface area contributed by atoms with Crippen molar-refractivity contribution in [3.8, 4) is 0 Å². The fraction of sp³-hybridized carbons (Fsp3) is 0.500. The Labute approximate surface area is 118 Å². The smallest absolute Gasteiger partial charge is 0.128 e. The zero-order valence-electron chi connectivity index (χ0n) is 11.4. The van der Waals surface area contributed by atoms with Crippen molar-refractivity contribution in [2.45, 2.75) is 38.3 Å². The van der Waals surface area contributed by atoms with Gasteiger partial charge in [-0.3, -0.25) is 0 Å². The lowest BCUT2D eigenvalue weighted by Crippen LogP contribution is -2.45. The van der Waals surface area contributed by atoms with Gasteiger partial charge in [-0.25, -0.2) is 4.39 Å². The monoisotopic (exact) mass is 282 g/mol. The first-order valence-corrected chi connectivity index (χ1v) is 6.63. The van der Waals surface area contributed by atoms with Crippen LogP contribution in [0.4, 0.5) is 10.1 Å². The third-order valence-corrected chi connectivity index (χ3v) is 3.59. The number of benzene rings is 1. The number of hydrogen-bond acceptors (Lipinski definition) is 3. The summed E-state index contributed by atoms with van der Waals surface area (Å²) >= 11 is 5.23. The lowest BCUT2D eigenvalue weighted by Gasteiger charge is -2.35. The highest BCUT2D eigenvalue weighted by Gasteiger charge is 2.39. The van der Waals surface area contributed by atoms with Gasteiger partial charge in [0, 0.05) is 17.7 Å². The molecule has 0 aliphatic carbocycles. The van der Waals surface area contributed by atoms with E-state index in [2.05, 4.69) is 5.32 Å². The molecule has 1 aliphatic rings. The summed E-state index contributed by atoms with van der Waals surface area (Å²) in [5.41, 5.74) is 5.82. The summed E-state index contributed by atoms with van der Waals surface area (Å²) < 4.78 is 19.9. The molecule has 1 atom stereocenters. The molecule has 3 nitrogen and oxygen atoms in total. The molecule has 2 rings (SSSR count). The van der Waals surface area contributed by atoms with E-state index in [1.807, 2.05) is 20.8 Å². The summed E-state index contributed by atoms with van der Waals surface area (Å²) in [6.07, 6.45) is 0.598. The Kier molecular flexibility index (Phi) is 3.53. The Morgan fingerprint density at radius 1 is 1.37 bits per heavy atom. The van der Waals surface area contributed by atoms with Gasteiger partial charge in [0.2, 0.25) is 0 Å². The molecule has 19 heavy (non-hydrogen) atoms. The second-order valence-corrected chi connectivity index (χ2v) is 6.34. The van der Waals surface area contributed by atoms with Gasteiger partial charge in [-0.15, -0.1) is 0 Å². The van der Waals surface area contributed by atoms with Crippen molar-refractivity contribution in [3.63, 3.8) is 0 Å². The summed E-state index contributed by atoms with van der Waals surface area (Å²) in [7, 11) is 0. The molecule has 0 amide bonds. The maximum absolute atomic E-state index is 14.1. The maximum Gasteiger partial charge on any atom is 0.128 e. The molecule has 1 aromatic carbocycles. The van der Waals surface area contributed by atoms with Crippen LogP contribution in [-0.2, 0) is 10.3 Å². The van der Waals surface area contributed by atoms with Gasteiger partial charge in [0.05, 0.1) is 17.7 Å². The van der Waals surface area contributed by atoms with Crippen molar-refractivity contribution in [2.24, 2.45) is 0 Å². The van der Waals surface area contributed by atoms with Crippen LogP contribution in [0, 0.1) is 5.82 Å². The number of rotatable bonds is 1. The predicted molar refractivity (Wildman–Crippen MR) is 78.5 cm³/mol. The minimum atomic E-state index is -0.628. The predicted octanol–water partition coefficient (Wildman–Crippen LogP) is 2.74. The topological polar surface area (TPSA) is 47.3 Å². The van der Waals surface area contributed by atoms with E-state index < -0.39 is 5.54 Å². The first kappa shape index (κ1) is 14.2. The van der Waals surface area contributed by atoms with Crippen LogP contribution in [0.2, 0.25) is 0 Å². The van der Waals surface area contributed by atoms with Gasteiger partial charge in [-0.1, -0.05) is 12.2 Å². The third kappa shape index (κ3) is 3.04. The molecule has 0 aromatic heterocycles. The fourth-order valence-electron chi connectivity index (χ4n) is 2.68. The summed E-state index contributed by atoms with van der Waals surface area (Å²) in [5.74, 6) is -0.287. The number of halogens is 1. The van der Waals surface area contributed by atoms with E-state index in [-0.39, 0.29) is 11.4 Å². The third-order valence-electron chi connectivity index (χ3n) is 3.37. The summed E-state index contributed by atoms with van der Waals surface area (Å²) in [6, 6.07) is 4.60. The van der Waals surface area contributed by atoms with Gasteiger partial charge in [0.25, 0.3) is 0 Å². The van der Waals surface area contributed by atoms with E-state index in [9.17, 15) is 4.39 Å². The van der Waals surface area contributed by atoms with Gasteiger partial charge in [0.1, 0.15) is 10.8 Å². The molecule has 1 aromatic rings. The van der Waals surface area contributed by atoms with Crippen LogP contribution in [0.25, 0.3) is 0 Å². The van der Waals surface area contributed by atoms with Gasteiger partial charge in [-0.05, 0) is 39.0 Å². The van der Waals surface area contributed by atoms with Crippen LogP contribution in [-0.4, -0.2) is 17.2 Å². The molecular weight excluding hydrogens is 263 g/mol. The molecule has 0 bridgehead atoms. The molecule has 1 saturated heterocycles. The minimum absolute atomic E-state index is 0.287. The van der Waals surface area contributed by atoms with Gasteiger partial charge in [-0.2, -0.15) is 0 Å². The van der Waals surface area contributed by atoms with Crippen LogP contribution in [0.5, 0.6) is 0 Å². The molecule has 104 valence electrons. The molecule has 0 radical (unpaired) electrons. The number of thiocarbonyl (C=S) groups is 1. The zero-order chi connectivity index (χ0) is 14.3. The van der Waals surface area contributed by atoms with Gasteiger partial charge < -0.3 is 15.8 Å². The van der Waals surface area contributed by atoms with Crippen molar-refractivity contribution in [1.82, 2.24) is 5.32 Å². The fourth-order valence-corrected chi connectivity index (χ4v) is 2.96. The molecule has 1 unspecified atom stereocenters. The Morgan fingerprint density at radius 3 is 2.74 bits per heavy atom. The Bertz CT molecular complexity index is 518. The summed E-state index contributed by atoms with van der Waals surface area (Å²) in [4.78, 5) is 0.579. The highest BCUT2D eigenvalue weighted by molar-refractivity contribution is 7.80. The molecule has 0 saturated carbocycles. The number of nitrogens with two attached hydrogens (primary N) is 1. The van der Waals surface area contributed by atoms with E-state index in [0.717, 1.165) is 0 Å². The Balaban J connectivity index is 2.49. The van der Waals surface area contributed by atoms with Crippen LogP contribution in [0.1, 0.15) is 32.8 Å². The molecule has 5 heteroatoms. The average molecular weight is 282 g/mol. The number of nitrogen functional groups attached to an aromatic ring is 1. The minimum Gasteiger partial charge on any atom is -0.399 e. The molecular formula is C14H19FN2OS. The molecule has 1 heterocycles. The van der Waals surface area contributed by atoms with E-state index in [1.54, 1.807) is 12.1 Å². The lowest BCUT2D eigenvalue weighted by atomic mass is 9.81. The zero-order valence-corrected chi connectivity index (χ0v) is 12.2. The van der Waals surface area contributed by atoms with Crippen molar-refractivity contribution >= 4 is 22.9 Å².